The van der Waals surface area contributed by atoms with Gasteiger partial charge in [-0.05, 0) is 43.2 Å². The van der Waals surface area contributed by atoms with Crippen molar-refractivity contribution in [2.45, 2.75) is 31.2 Å². The fraction of sp³-hybridized carbons (Fsp3) is 0.471. The normalized spacial score (nSPS) is 20.2. The molecule has 0 N–H and O–H groups in total. The van der Waals surface area contributed by atoms with Crippen LogP contribution in [-0.2, 0) is 0 Å². The molecule has 6 heteroatoms. The van der Waals surface area contributed by atoms with Crippen LogP contribution in [-0.4, -0.2) is 45.9 Å². The summed E-state index contributed by atoms with van der Waals surface area (Å²) >= 11 is 1.58. The number of hydrogen-bond acceptors (Lipinski definition) is 5. The maximum Gasteiger partial charge on any atom is 0.254 e. The van der Waals surface area contributed by atoms with Gasteiger partial charge in [0.1, 0.15) is 0 Å². The molecule has 2 aliphatic heterocycles. The molecule has 4 rings (SSSR count). The van der Waals surface area contributed by atoms with Crippen LogP contribution in [0.1, 0.15) is 36.0 Å². The van der Waals surface area contributed by atoms with Gasteiger partial charge in [0, 0.05) is 42.9 Å². The van der Waals surface area contributed by atoms with E-state index in [1.54, 1.807) is 11.3 Å². The van der Waals surface area contributed by atoms with E-state index in [0.717, 1.165) is 44.0 Å². The van der Waals surface area contributed by atoms with Gasteiger partial charge in [0.15, 0.2) is 0 Å². The molecule has 0 aliphatic carbocycles. The first-order valence-corrected chi connectivity index (χ1v) is 9.09. The number of anilines is 1. The highest BCUT2D eigenvalue weighted by Gasteiger charge is 2.44. The first-order chi connectivity index (χ1) is 11.3. The topological polar surface area (TPSA) is 49.3 Å². The molecule has 0 unspecified atom stereocenters. The largest absolute Gasteiger partial charge is 0.338 e. The quantitative estimate of drug-likeness (QED) is 0.850. The molecular weight excluding hydrogens is 308 g/mol. The van der Waals surface area contributed by atoms with Crippen molar-refractivity contribution < 1.29 is 4.79 Å². The van der Waals surface area contributed by atoms with E-state index in [-0.39, 0.29) is 11.4 Å². The fourth-order valence-electron chi connectivity index (χ4n) is 3.90. The summed E-state index contributed by atoms with van der Waals surface area (Å²) in [5.74, 6) is 1.00. The number of rotatable bonds is 2. The summed E-state index contributed by atoms with van der Waals surface area (Å²) in [6.07, 6.45) is 7.97. The zero-order chi connectivity index (χ0) is 15.7. The van der Waals surface area contributed by atoms with Crippen LogP contribution >= 0.6 is 11.3 Å². The van der Waals surface area contributed by atoms with Gasteiger partial charge in [0.2, 0.25) is 5.95 Å². The van der Waals surface area contributed by atoms with E-state index in [1.165, 1.54) is 12.8 Å². The molecule has 23 heavy (non-hydrogen) atoms. The highest BCUT2D eigenvalue weighted by molar-refractivity contribution is 7.08. The SMILES string of the molecule is O=C(c1ccsc1)N1CCC2(CCCN2c2ncccn2)CC1. The van der Waals surface area contributed by atoms with E-state index < -0.39 is 0 Å². The first kappa shape index (κ1) is 14.6. The van der Waals surface area contributed by atoms with Crippen LogP contribution in [0.4, 0.5) is 5.95 Å². The van der Waals surface area contributed by atoms with Crippen molar-refractivity contribution in [2.75, 3.05) is 24.5 Å². The molecule has 2 fully saturated rings. The fourth-order valence-corrected chi connectivity index (χ4v) is 4.53. The summed E-state index contributed by atoms with van der Waals surface area (Å²) in [6.45, 7) is 2.65. The number of hydrogen-bond donors (Lipinski definition) is 0. The Kier molecular flexibility index (Phi) is 3.77. The second-order valence-electron chi connectivity index (χ2n) is 6.33. The van der Waals surface area contributed by atoms with Crippen molar-refractivity contribution in [1.29, 1.82) is 0 Å². The maximum atomic E-state index is 12.5. The lowest BCUT2D eigenvalue weighted by molar-refractivity contribution is 0.0672. The zero-order valence-electron chi connectivity index (χ0n) is 13.0. The third-order valence-electron chi connectivity index (χ3n) is 5.14. The standard InChI is InChI=1S/C17H20N4OS/c22-15(14-3-12-23-13-14)20-10-5-17(6-11-20)4-1-9-21(17)16-18-7-2-8-19-16/h2-3,7-8,12-13H,1,4-6,9-11H2. The number of thiophene rings is 1. The molecule has 120 valence electrons. The van der Waals surface area contributed by atoms with Crippen LogP contribution in [0, 0.1) is 0 Å². The van der Waals surface area contributed by atoms with E-state index in [4.69, 9.17) is 0 Å². The number of aromatic nitrogens is 2. The first-order valence-electron chi connectivity index (χ1n) is 8.15. The number of carbonyl (C=O) groups excluding carboxylic acids is 1. The molecule has 2 saturated heterocycles. The number of piperidine rings is 1. The molecule has 0 bridgehead atoms. The average Bonchev–Trinajstić information content (AvgIpc) is 3.26. The molecule has 0 atom stereocenters. The van der Waals surface area contributed by atoms with E-state index in [1.807, 2.05) is 40.2 Å². The van der Waals surface area contributed by atoms with Crippen LogP contribution in [0.3, 0.4) is 0 Å². The lowest BCUT2D eigenvalue weighted by atomic mass is 9.85. The number of nitrogens with zero attached hydrogens (tertiary/aromatic N) is 4. The summed E-state index contributed by atoms with van der Waals surface area (Å²) in [5.41, 5.74) is 0.952. The second-order valence-corrected chi connectivity index (χ2v) is 7.11. The Labute approximate surface area is 140 Å². The molecule has 0 saturated carbocycles. The highest BCUT2D eigenvalue weighted by atomic mass is 32.1. The Morgan fingerprint density at radius 1 is 1.13 bits per heavy atom. The molecule has 0 aromatic carbocycles. The Bertz CT molecular complexity index is 665. The van der Waals surface area contributed by atoms with Crippen molar-refractivity contribution in [3.63, 3.8) is 0 Å². The second kappa shape index (κ2) is 5.92. The number of likely N-dealkylation sites (tertiary alicyclic amines) is 1. The molecule has 1 amide bonds. The van der Waals surface area contributed by atoms with Crippen LogP contribution in [0.25, 0.3) is 0 Å². The lowest BCUT2D eigenvalue weighted by Gasteiger charge is -2.45. The van der Waals surface area contributed by atoms with Crippen molar-refractivity contribution in [3.8, 4) is 0 Å². The van der Waals surface area contributed by atoms with Crippen LogP contribution in [0.2, 0.25) is 0 Å². The monoisotopic (exact) mass is 328 g/mol. The summed E-state index contributed by atoms with van der Waals surface area (Å²) in [7, 11) is 0. The van der Waals surface area contributed by atoms with Gasteiger partial charge in [-0.15, -0.1) is 0 Å². The Morgan fingerprint density at radius 2 is 1.91 bits per heavy atom. The van der Waals surface area contributed by atoms with Gasteiger partial charge in [0.25, 0.3) is 5.91 Å². The smallest absolute Gasteiger partial charge is 0.254 e. The van der Waals surface area contributed by atoms with E-state index in [2.05, 4.69) is 14.9 Å². The summed E-state index contributed by atoms with van der Waals surface area (Å²) in [5, 5.41) is 3.90. The van der Waals surface area contributed by atoms with Gasteiger partial charge >= 0.3 is 0 Å². The maximum absolute atomic E-state index is 12.5. The minimum absolute atomic E-state index is 0.132. The molecule has 5 nitrogen and oxygen atoms in total. The van der Waals surface area contributed by atoms with E-state index in [9.17, 15) is 4.79 Å². The zero-order valence-corrected chi connectivity index (χ0v) is 13.8. The Hall–Kier alpha value is -1.95. The molecular formula is C17H20N4OS. The van der Waals surface area contributed by atoms with Crippen LogP contribution in [0.15, 0.2) is 35.3 Å². The number of carbonyl (C=O) groups is 1. The summed E-state index contributed by atoms with van der Waals surface area (Å²) < 4.78 is 0. The predicted octanol–water partition coefficient (Wildman–Crippen LogP) is 2.81. The molecule has 1 spiro atoms. The van der Waals surface area contributed by atoms with Gasteiger partial charge in [0.05, 0.1) is 5.56 Å². The van der Waals surface area contributed by atoms with Gasteiger partial charge in [-0.25, -0.2) is 9.97 Å². The minimum Gasteiger partial charge on any atom is -0.338 e. The van der Waals surface area contributed by atoms with Crippen molar-refractivity contribution >= 4 is 23.2 Å². The highest BCUT2D eigenvalue weighted by Crippen LogP contribution is 2.40. The van der Waals surface area contributed by atoms with Gasteiger partial charge < -0.3 is 9.80 Å². The Morgan fingerprint density at radius 3 is 2.61 bits per heavy atom. The number of amides is 1. The van der Waals surface area contributed by atoms with Crippen LogP contribution in [0.5, 0.6) is 0 Å². The summed E-state index contributed by atoms with van der Waals surface area (Å²) in [4.78, 5) is 25.8. The molecule has 4 heterocycles. The van der Waals surface area contributed by atoms with Gasteiger partial charge in [-0.3, -0.25) is 4.79 Å². The van der Waals surface area contributed by atoms with Gasteiger partial charge in [-0.2, -0.15) is 11.3 Å². The Balaban J connectivity index is 1.49. The third kappa shape index (κ3) is 2.61. The minimum atomic E-state index is 0.132. The molecule has 2 aromatic rings. The van der Waals surface area contributed by atoms with Crippen LogP contribution < -0.4 is 4.90 Å². The van der Waals surface area contributed by atoms with Crippen molar-refractivity contribution in [1.82, 2.24) is 14.9 Å². The molecule has 0 radical (unpaired) electrons. The van der Waals surface area contributed by atoms with Gasteiger partial charge in [-0.1, -0.05) is 0 Å². The molecule has 2 aromatic heterocycles. The average molecular weight is 328 g/mol. The van der Waals surface area contributed by atoms with Crippen molar-refractivity contribution in [3.05, 3.63) is 40.8 Å². The van der Waals surface area contributed by atoms with Crippen molar-refractivity contribution in [2.24, 2.45) is 0 Å². The van der Waals surface area contributed by atoms with E-state index >= 15 is 0 Å². The third-order valence-corrected chi connectivity index (χ3v) is 5.82. The summed E-state index contributed by atoms with van der Waals surface area (Å²) in [6, 6.07) is 3.77. The lowest BCUT2D eigenvalue weighted by Crippen LogP contribution is -2.53. The molecule has 2 aliphatic rings. The predicted molar refractivity (Wildman–Crippen MR) is 90.8 cm³/mol. The van der Waals surface area contributed by atoms with E-state index in [0.29, 0.717) is 0 Å².